The van der Waals surface area contributed by atoms with Gasteiger partial charge in [-0.05, 0) is 18.2 Å². The third-order valence-electron chi connectivity index (χ3n) is 4.26. The van der Waals surface area contributed by atoms with E-state index in [4.69, 9.17) is 9.47 Å². The molecule has 8 nitrogen and oxygen atoms in total. The molecule has 130 valence electrons. The molecule has 0 radical (unpaired) electrons. The summed E-state index contributed by atoms with van der Waals surface area (Å²) in [5.74, 6) is 1.03. The van der Waals surface area contributed by atoms with Crippen molar-refractivity contribution in [2.45, 2.75) is 18.9 Å². The van der Waals surface area contributed by atoms with Crippen LogP contribution in [0.4, 0.5) is 11.5 Å². The predicted molar refractivity (Wildman–Crippen MR) is 93.3 cm³/mol. The maximum absolute atomic E-state index is 12.2. The normalized spacial score (nSPS) is 15.4. The van der Waals surface area contributed by atoms with Crippen LogP contribution in [-0.4, -0.2) is 39.1 Å². The molecule has 0 atom stereocenters. The fourth-order valence-electron chi connectivity index (χ4n) is 2.89. The van der Waals surface area contributed by atoms with Crippen LogP contribution in [0.25, 0.3) is 10.9 Å². The zero-order valence-corrected chi connectivity index (χ0v) is 13.9. The van der Waals surface area contributed by atoms with E-state index in [2.05, 4.69) is 20.5 Å². The second kappa shape index (κ2) is 6.56. The number of ether oxygens (including phenoxy) is 2. The molecule has 0 amide bonds. The van der Waals surface area contributed by atoms with Gasteiger partial charge in [0.25, 0.3) is 5.56 Å². The van der Waals surface area contributed by atoms with Gasteiger partial charge in [-0.2, -0.15) is 5.10 Å². The minimum Gasteiger partial charge on any atom is -0.474 e. The highest BCUT2D eigenvalue weighted by Crippen LogP contribution is 2.31. The number of anilines is 2. The van der Waals surface area contributed by atoms with Gasteiger partial charge in [0.1, 0.15) is 17.2 Å². The topological polar surface area (TPSA) is 94.1 Å². The molecule has 0 saturated carbocycles. The molecule has 0 spiro atoms. The first-order valence-corrected chi connectivity index (χ1v) is 8.22. The molecule has 1 aliphatic heterocycles. The molecule has 4 rings (SSSR count). The number of H-pyrrole nitrogens is 1. The number of aryl methyl sites for hydroxylation is 1. The SMILES string of the molecule is Cn1cccc(Nc2n[nH]c3ccnc(OC4CCOCC4)c23)c1=O. The average Bonchev–Trinajstić information content (AvgIpc) is 3.04. The van der Waals surface area contributed by atoms with Crippen molar-refractivity contribution in [3.8, 4) is 5.88 Å². The first kappa shape index (κ1) is 15.6. The van der Waals surface area contributed by atoms with E-state index < -0.39 is 0 Å². The first-order valence-electron chi connectivity index (χ1n) is 8.22. The van der Waals surface area contributed by atoms with E-state index in [0.29, 0.717) is 30.6 Å². The van der Waals surface area contributed by atoms with Gasteiger partial charge in [-0.3, -0.25) is 9.89 Å². The maximum Gasteiger partial charge on any atom is 0.274 e. The maximum atomic E-state index is 12.2. The van der Waals surface area contributed by atoms with Gasteiger partial charge in [-0.25, -0.2) is 4.98 Å². The lowest BCUT2D eigenvalue weighted by molar-refractivity contribution is 0.0244. The number of fused-ring (bicyclic) bond motifs is 1. The summed E-state index contributed by atoms with van der Waals surface area (Å²) >= 11 is 0. The minimum absolute atomic E-state index is 0.0687. The van der Waals surface area contributed by atoms with Gasteiger partial charge in [0.15, 0.2) is 5.82 Å². The Bertz CT molecular complexity index is 943. The summed E-state index contributed by atoms with van der Waals surface area (Å²) < 4.78 is 13.0. The largest absolute Gasteiger partial charge is 0.474 e. The molecular weight excluding hydrogens is 322 g/mol. The van der Waals surface area contributed by atoms with Gasteiger partial charge in [0.05, 0.1) is 18.7 Å². The molecule has 0 aliphatic carbocycles. The Morgan fingerprint density at radius 1 is 1.36 bits per heavy atom. The van der Waals surface area contributed by atoms with Gasteiger partial charge in [0, 0.05) is 32.3 Å². The Balaban J connectivity index is 1.69. The number of pyridine rings is 2. The number of aromatic nitrogens is 4. The smallest absolute Gasteiger partial charge is 0.274 e. The van der Waals surface area contributed by atoms with Gasteiger partial charge in [0.2, 0.25) is 5.88 Å². The molecule has 2 N–H and O–H groups in total. The Labute approximate surface area is 143 Å². The standard InChI is InChI=1S/C17H19N5O3/c1-22-8-2-3-13(17(22)23)19-15-14-12(20-21-15)4-7-18-16(14)25-11-5-9-24-10-6-11/h2-4,7-8,11H,5-6,9-10H2,1H3,(H2,19,20,21). The highest BCUT2D eigenvalue weighted by atomic mass is 16.5. The van der Waals surface area contributed by atoms with Crippen molar-refractivity contribution in [2.24, 2.45) is 7.05 Å². The molecule has 1 aliphatic rings. The fourth-order valence-corrected chi connectivity index (χ4v) is 2.89. The first-order chi connectivity index (χ1) is 12.2. The molecule has 8 heteroatoms. The van der Waals surface area contributed by atoms with Crippen LogP contribution < -0.4 is 15.6 Å². The highest BCUT2D eigenvalue weighted by Gasteiger charge is 2.20. The lowest BCUT2D eigenvalue weighted by Crippen LogP contribution is -2.26. The van der Waals surface area contributed by atoms with Crippen molar-refractivity contribution in [3.05, 3.63) is 40.9 Å². The van der Waals surface area contributed by atoms with E-state index in [1.807, 2.05) is 6.07 Å². The van der Waals surface area contributed by atoms with Crippen molar-refractivity contribution in [1.82, 2.24) is 19.7 Å². The van der Waals surface area contributed by atoms with E-state index in [9.17, 15) is 4.79 Å². The van der Waals surface area contributed by atoms with E-state index in [0.717, 1.165) is 23.7 Å². The zero-order valence-electron chi connectivity index (χ0n) is 13.9. The molecule has 1 fully saturated rings. The van der Waals surface area contributed by atoms with Gasteiger partial charge in [-0.15, -0.1) is 0 Å². The average molecular weight is 341 g/mol. The van der Waals surface area contributed by atoms with Gasteiger partial charge < -0.3 is 19.4 Å². The van der Waals surface area contributed by atoms with E-state index in [1.165, 1.54) is 4.57 Å². The molecule has 3 aromatic rings. The summed E-state index contributed by atoms with van der Waals surface area (Å²) in [5.41, 5.74) is 1.11. The molecule has 4 heterocycles. The van der Waals surface area contributed by atoms with E-state index >= 15 is 0 Å². The van der Waals surface area contributed by atoms with E-state index in [-0.39, 0.29) is 11.7 Å². The minimum atomic E-state index is -0.130. The van der Waals surface area contributed by atoms with Crippen molar-refractivity contribution in [3.63, 3.8) is 0 Å². The van der Waals surface area contributed by atoms with Crippen LogP contribution in [0.2, 0.25) is 0 Å². The number of nitrogens with zero attached hydrogens (tertiary/aromatic N) is 3. The highest BCUT2D eigenvalue weighted by molar-refractivity contribution is 5.95. The molecule has 0 bridgehead atoms. The van der Waals surface area contributed by atoms with Crippen LogP contribution in [0.5, 0.6) is 5.88 Å². The lowest BCUT2D eigenvalue weighted by atomic mass is 10.1. The zero-order chi connectivity index (χ0) is 17.2. The molecule has 1 saturated heterocycles. The van der Waals surface area contributed by atoms with Crippen LogP contribution >= 0.6 is 0 Å². The van der Waals surface area contributed by atoms with Crippen LogP contribution in [-0.2, 0) is 11.8 Å². The third kappa shape index (κ3) is 3.08. The summed E-state index contributed by atoms with van der Waals surface area (Å²) in [7, 11) is 1.71. The number of hydrogen-bond acceptors (Lipinski definition) is 6. The van der Waals surface area contributed by atoms with Crippen molar-refractivity contribution >= 4 is 22.4 Å². The van der Waals surface area contributed by atoms with Crippen LogP contribution in [0.15, 0.2) is 35.4 Å². The molecular formula is C17H19N5O3. The summed E-state index contributed by atoms with van der Waals surface area (Å²) in [6.45, 7) is 1.38. The van der Waals surface area contributed by atoms with Gasteiger partial charge in [-0.1, -0.05) is 0 Å². The number of nitrogens with one attached hydrogen (secondary N) is 2. The van der Waals surface area contributed by atoms with E-state index in [1.54, 1.807) is 31.6 Å². The predicted octanol–water partition coefficient (Wildman–Crippen LogP) is 1.96. The van der Waals surface area contributed by atoms with Gasteiger partial charge >= 0.3 is 0 Å². The molecule has 3 aromatic heterocycles. The Kier molecular flexibility index (Phi) is 4.10. The Morgan fingerprint density at radius 3 is 3.04 bits per heavy atom. The number of hydrogen-bond donors (Lipinski definition) is 2. The molecule has 25 heavy (non-hydrogen) atoms. The quantitative estimate of drug-likeness (QED) is 0.753. The fraction of sp³-hybridized carbons (Fsp3) is 0.353. The summed E-state index contributed by atoms with van der Waals surface area (Å²) in [4.78, 5) is 16.6. The van der Waals surface area contributed by atoms with Crippen molar-refractivity contribution < 1.29 is 9.47 Å². The second-order valence-corrected chi connectivity index (χ2v) is 6.00. The second-order valence-electron chi connectivity index (χ2n) is 6.00. The Hall–Kier alpha value is -2.87. The van der Waals surface area contributed by atoms with Crippen LogP contribution in [0, 0.1) is 0 Å². The molecule has 0 unspecified atom stereocenters. The number of aromatic amines is 1. The summed E-state index contributed by atoms with van der Waals surface area (Å²) in [6.07, 6.45) is 5.12. The summed E-state index contributed by atoms with van der Waals surface area (Å²) in [6, 6.07) is 5.35. The molecule has 0 aromatic carbocycles. The van der Waals surface area contributed by atoms with Crippen molar-refractivity contribution in [2.75, 3.05) is 18.5 Å². The monoisotopic (exact) mass is 341 g/mol. The van der Waals surface area contributed by atoms with Crippen molar-refractivity contribution in [1.29, 1.82) is 0 Å². The number of rotatable bonds is 4. The Morgan fingerprint density at radius 2 is 2.20 bits per heavy atom. The lowest BCUT2D eigenvalue weighted by Gasteiger charge is -2.23. The third-order valence-corrected chi connectivity index (χ3v) is 4.26. The summed E-state index contributed by atoms with van der Waals surface area (Å²) in [5, 5.41) is 11.1. The van der Waals surface area contributed by atoms with Crippen LogP contribution in [0.3, 0.4) is 0 Å². The van der Waals surface area contributed by atoms with Crippen LogP contribution in [0.1, 0.15) is 12.8 Å².